The van der Waals surface area contributed by atoms with E-state index in [2.05, 4.69) is 10.3 Å². The van der Waals surface area contributed by atoms with Gasteiger partial charge in [-0.1, -0.05) is 0 Å². The predicted molar refractivity (Wildman–Crippen MR) is 49.9 cm³/mol. The van der Waals surface area contributed by atoms with E-state index in [0.29, 0.717) is 6.54 Å². The summed E-state index contributed by atoms with van der Waals surface area (Å²) in [6.45, 7) is 1.27. The maximum absolute atomic E-state index is 10.9. The van der Waals surface area contributed by atoms with E-state index in [-0.39, 0.29) is 11.8 Å². The topological polar surface area (TPSA) is 67.2 Å². The third-order valence-corrected chi connectivity index (χ3v) is 2.77. The number of carbonyl (C=O) groups is 1. The Bertz CT molecular complexity index is 348. The Morgan fingerprint density at radius 3 is 3.07 bits per heavy atom. The molecule has 1 aliphatic rings. The number of nitrogens with one attached hydrogen (secondary N) is 1. The van der Waals surface area contributed by atoms with Crippen molar-refractivity contribution in [3.05, 3.63) is 18.2 Å². The van der Waals surface area contributed by atoms with Gasteiger partial charge in [0.25, 0.3) is 0 Å². The zero-order chi connectivity index (χ0) is 10.1. The van der Waals surface area contributed by atoms with E-state index in [1.165, 1.54) is 0 Å². The van der Waals surface area contributed by atoms with Gasteiger partial charge in [-0.15, -0.1) is 0 Å². The number of hydrogen-bond donors (Lipinski definition) is 2. The Labute approximate surface area is 81.8 Å². The molecular weight excluding hydrogens is 182 g/mol. The summed E-state index contributed by atoms with van der Waals surface area (Å²) in [4.78, 5) is 15.0. The first-order valence-electron chi connectivity index (χ1n) is 4.60. The van der Waals surface area contributed by atoms with Crippen molar-refractivity contribution >= 4 is 5.97 Å². The molecule has 1 aromatic heterocycles. The van der Waals surface area contributed by atoms with Gasteiger partial charge in [0, 0.05) is 37.9 Å². The van der Waals surface area contributed by atoms with E-state index in [1.54, 1.807) is 12.5 Å². The summed E-state index contributed by atoms with van der Waals surface area (Å²) >= 11 is 0. The van der Waals surface area contributed by atoms with Gasteiger partial charge in [0.05, 0.1) is 12.2 Å². The number of rotatable bonds is 2. The van der Waals surface area contributed by atoms with E-state index in [1.807, 2.05) is 11.6 Å². The monoisotopic (exact) mass is 195 g/mol. The first kappa shape index (κ1) is 9.21. The number of imidazole rings is 1. The summed E-state index contributed by atoms with van der Waals surface area (Å²) < 4.78 is 1.88. The van der Waals surface area contributed by atoms with Gasteiger partial charge in [0.15, 0.2) is 0 Å². The molecule has 1 aliphatic heterocycles. The first-order chi connectivity index (χ1) is 6.70. The Balaban J connectivity index is 2.26. The highest BCUT2D eigenvalue weighted by atomic mass is 16.4. The van der Waals surface area contributed by atoms with Crippen LogP contribution in [0.5, 0.6) is 0 Å². The molecule has 0 aromatic carbocycles. The summed E-state index contributed by atoms with van der Waals surface area (Å²) in [5.74, 6) is -1.02. The number of hydrogen-bond acceptors (Lipinski definition) is 3. The second-order valence-electron chi connectivity index (χ2n) is 3.64. The molecule has 14 heavy (non-hydrogen) atoms. The van der Waals surface area contributed by atoms with Crippen LogP contribution in [0.2, 0.25) is 0 Å². The fraction of sp³-hybridized carbons (Fsp3) is 0.556. The fourth-order valence-electron chi connectivity index (χ4n) is 1.97. The average molecular weight is 195 g/mol. The van der Waals surface area contributed by atoms with Crippen molar-refractivity contribution in [1.82, 2.24) is 14.9 Å². The predicted octanol–water partition coefficient (Wildman–Crippen LogP) is -0.192. The maximum Gasteiger partial charge on any atom is 0.308 e. The third kappa shape index (κ3) is 1.39. The molecule has 2 atom stereocenters. The van der Waals surface area contributed by atoms with Crippen LogP contribution in [0, 0.1) is 5.92 Å². The smallest absolute Gasteiger partial charge is 0.308 e. The molecule has 0 spiro atoms. The molecule has 5 heteroatoms. The molecule has 1 aromatic rings. The molecule has 0 radical (unpaired) electrons. The molecule has 0 aliphatic carbocycles. The van der Waals surface area contributed by atoms with E-state index in [9.17, 15) is 4.79 Å². The van der Waals surface area contributed by atoms with Crippen molar-refractivity contribution in [2.24, 2.45) is 13.0 Å². The van der Waals surface area contributed by atoms with Gasteiger partial charge in [-0.3, -0.25) is 4.79 Å². The minimum absolute atomic E-state index is 0.0417. The fourth-order valence-corrected chi connectivity index (χ4v) is 1.97. The van der Waals surface area contributed by atoms with Gasteiger partial charge in [0.1, 0.15) is 0 Å². The van der Waals surface area contributed by atoms with Crippen LogP contribution in [-0.2, 0) is 11.8 Å². The molecule has 2 N–H and O–H groups in total. The second kappa shape index (κ2) is 3.42. The van der Waals surface area contributed by atoms with E-state index in [4.69, 9.17) is 5.11 Å². The van der Waals surface area contributed by atoms with Crippen molar-refractivity contribution in [3.8, 4) is 0 Å². The lowest BCUT2D eigenvalue weighted by atomic mass is 9.93. The molecule has 0 saturated carbocycles. The largest absolute Gasteiger partial charge is 0.481 e. The van der Waals surface area contributed by atoms with Crippen LogP contribution in [0.3, 0.4) is 0 Å². The van der Waals surface area contributed by atoms with Crippen LogP contribution in [0.1, 0.15) is 11.6 Å². The number of aromatic nitrogens is 2. The Kier molecular flexibility index (Phi) is 2.25. The number of aryl methyl sites for hydroxylation is 1. The van der Waals surface area contributed by atoms with Gasteiger partial charge in [-0.2, -0.15) is 0 Å². The van der Waals surface area contributed by atoms with E-state index in [0.717, 1.165) is 12.2 Å². The van der Waals surface area contributed by atoms with Crippen LogP contribution in [0.4, 0.5) is 0 Å². The molecule has 5 nitrogen and oxygen atoms in total. The van der Waals surface area contributed by atoms with Crippen molar-refractivity contribution in [2.45, 2.75) is 5.92 Å². The highest BCUT2D eigenvalue weighted by molar-refractivity contribution is 5.72. The molecule has 1 fully saturated rings. The molecule has 2 heterocycles. The zero-order valence-electron chi connectivity index (χ0n) is 7.97. The standard InChI is InChI=1S/C9H13N3O2/c1-12-5-11-4-8(12)6-2-10-3-7(6)9(13)14/h4-7,10H,2-3H2,1H3,(H,13,14)/t6-,7+/m1/s1. The highest BCUT2D eigenvalue weighted by Gasteiger charge is 2.35. The number of carboxylic acid groups (broad SMARTS) is 1. The molecule has 0 amide bonds. The quantitative estimate of drug-likeness (QED) is 0.686. The van der Waals surface area contributed by atoms with Crippen LogP contribution in [0.25, 0.3) is 0 Å². The van der Waals surface area contributed by atoms with Gasteiger partial charge in [0.2, 0.25) is 0 Å². The Morgan fingerprint density at radius 1 is 1.71 bits per heavy atom. The van der Waals surface area contributed by atoms with Gasteiger partial charge < -0.3 is 15.0 Å². The lowest BCUT2D eigenvalue weighted by molar-refractivity contribution is -0.141. The van der Waals surface area contributed by atoms with Crippen molar-refractivity contribution in [3.63, 3.8) is 0 Å². The number of carboxylic acids is 1. The minimum Gasteiger partial charge on any atom is -0.481 e. The Morgan fingerprint density at radius 2 is 2.50 bits per heavy atom. The average Bonchev–Trinajstić information content (AvgIpc) is 2.70. The summed E-state index contributed by atoms with van der Waals surface area (Å²) in [6.07, 6.45) is 3.44. The molecule has 0 bridgehead atoms. The molecule has 76 valence electrons. The van der Waals surface area contributed by atoms with Crippen LogP contribution >= 0.6 is 0 Å². The van der Waals surface area contributed by atoms with Crippen molar-refractivity contribution in [2.75, 3.05) is 13.1 Å². The van der Waals surface area contributed by atoms with Crippen LogP contribution < -0.4 is 5.32 Å². The Hall–Kier alpha value is -1.36. The van der Waals surface area contributed by atoms with Gasteiger partial charge >= 0.3 is 5.97 Å². The number of nitrogens with zero attached hydrogens (tertiary/aromatic N) is 2. The summed E-state index contributed by atoms with van der Waals surface area (Å²) in [5.41, 5.74) is 0.988. The third-order valence-electron chi connectivity index (χ3n) is 2.77. The van der Waals surface area contributed by atoms with Gasteiger partial charge in [-0.25, -0.2) is 4.98 Å². The second-order valence-corrected chi connectivity index (χ2v) is 3.64. The van der Waals surface area contributed by atoms with E-state index >= 15 is 0 Å². The SMILES string of the molecule is Cn1cncc1[C@@H]1CNC[C@@H]1C(=O)O. The highest BCUT2D eigenvalue weighted by Crippen LogP contribution is 2.27. The maximum atomic E-state index is 10.9. The molecule has 0 unspecified atom stereocenters. The van der Waals surface area contributed by atoms with Gasteiger partial charge in [-0.05, 0) is 0 Å². The van der Waals surface area contributed by atoms with Crippen molar-refractivity contribution < 1.29 is 9.90 Å². The summed E-state index contributed by atoms with van der Waals surface area (Å²) in [6, 6.07) is 0. The lowest BCUT2D eigenvalue weighted by Gasteiger charge is -2.14. The first-order valence-corrected chi connectivity index (χ1v) is 4.60. The zero-order valence-corrected chi connectivity index (χ0v) is 7.97. The summed E-state index contributed by atoms with van der Waals surface area (Å²) in [7, 11) is 1.89. The normalized spacial score (nSPS) is 26.6. The summed E-state index contributed by atoms with van der Waals surface area (Å²) in [5, 5.41) is 12.1. The van der Waals surface area contributed by atoms with Crippen LogP contribution in [0.15, 0.2) is 12.5 Å². The molecule has 2 rings (SSSR count). The minimum atomic E-state index is -0.735. The number of aliphatic carboxylic acids is 1. The van der Waals surface area contributed by atoms with E-state index < -0.39 is 5.97 Å². The molecular formula is C9H13N3O2. The van der Waals surface area contributed by atoms with Crippen molar-refractivity contribution in [1.29, 1.82) is 0 Å². The lowest BCUT2D eigenvalue weighted by Crippen LogP contribution is -2.22. The molecule has 1 saturated heterocycles. The van der Waals surface area contributed by atoms with Crippen LogP contribution in [-0.4, -0.2) is 33.7 Å².